The van der Waals surface area contributed by atoms with Crippen molar-refractivity contribution in [3.8, 4) is 0 Å². The van der Waals surface area contributed by atoms with E-state index in [1.807, 2.05) is 32.9 Å². The van der Waals surface area contributed by atoms with Gasteiger partial charge in [0, 0.05) is 70.0 Å². The molecule has 1 atom stereocenters. The lowest BCUT2D eigenvalue weighted by atomic mass is 9.96. The number of fused-ring (bicyclic) bond motifs is 1. The summed E-state index contributed by atoms with van der Waals surface area (Å²) in [6, 6.07) is 21.7. The Morgan fingerprint density at radius 1 is 0.776 bits per heavy atom. The first-order chi connectivity index (χ1) is 27.9. The van der Waals surface area contributed by atoms with Gasteiger partial charge >= 0.3 is 12.1 Å². The van der Waals surface area contributed by atoms with E-state index in [-0.39, 0.29) is 28.9 Å². The minimum atomic E-state index is -4.00. The van der Waals surface area contributed by atoms with Gasteiger partial charge in [0.25, 0.3) is 10.1 Å². The molecule has 0 saturated carbocycles. The first kappa shape index (κ1) is 43.1. The minimum absolute atomic E-state index is 0.0136. The Kier molecular flexibility index (Phi) is 14.8. The van der Waals surface area contributed by atoms with Gasteiger partial charge in [-0.3, -0.25) is 14.2 Å². The van der Waals surface area contributed by atoms with E-state index in [4.69, 9.17) is 4.55 Å². The molecule has 0 bridgehead atoms. The lowest BCUT2D eigenvalue weighted by molar-refractivity contribution is -0.135. The van der Waals surface area contributed by atoms with E-state index in [1.165, 1.54) is 36.1 Å². The number of likely N-dealkylation sites (tertiary alicyclic amines) is 2. The lowest BCUT2D eigenvalue weighted by Gasteiger charge is -2.43. The average Bonchev–Trinajstić information content (AvgIpc) is 3.41. The van der Waals surface area contributed by atoms with Crippen LogP contribution in [0.25, 0.3) is 0 Å². The van der Waals surface area contributed by atoms with Crippen molar-refractivity contribution in [3.63, 3.8) is 0 Å². The highest BCUT2D eigenvalue weighted by atomic mass is 32.2. The molecule has 13 nitrogen and oxygen atoms in total. The third-order valence-electron chi connectivity index (χ3n) is 12.3. The number of amides is 5. The number of nitrogens with zero attached hydrogens (tertiary/aromatic N) is 5. The molecule has 3 N–H and O–H groups in total. The maximum atomic E-state index is 14.2. The van der Waals surface area contributed by atoms with Crippen molar-refractivity contribution in [2.24, 2.45) is 0 Å². The average molecular weight is 816 g/mol. The van der Waals surface area contributed by atoms with E-state index in [0.717, 1.165) is 62.3 Å². The molecule has 5 amide bonds. The van der Waals surface area contributed by atoms with Crippen LogP contribution < -0.4 is 10.6 Å². The van der Waals surface area contributed by atoms with Gasteiger partial charge in [0.05, 0.1) is 4.90 Å². The molecule has 0 aliphatic carbocycles. The zero-order valence-corrected chi connectivity index (χ0v) is 35.1. The van der Waals surface area contributed by atoms with Crippen LogP contribution in [-0.4, -0.2) is 140 Å². The fourth-order valence-electron chi connectivity index (χ4n) is 8.76. The molecule has 0 radical (unpaired) electrons. The van der Waals surface area contributed by atoms with E-state index in [0.29, 0.717) is 58.0 Å². The highest BCUT2D eigenvalue weighted by molar-refractivity contribution is 7.85. The highest BCUT2D eigenvalue weighted by Crippen LogP contribution is 2.25. The third kappa shape index (κ3) is 11.2. The highest BCUT2D eigenvalue weighted by Gasteiger charge is 2.35. The molecule has 14 heteroatoms. The summed E-state index contributed by atoms with van der Waals surface area (Å²) < 4.78 is 29.2. The smallest absolute Gasteiger partial charge is 0.322 e. The Labute approximate surface area is 344 Å². The second-order valence-electron chi connectivity index (χ2n) is 15.9. The molecule has 3 saturated heterocycles. The maximum Gasteiger partial charge on any atom is 0.322 e. The van der Waals surface area contributed by atoms with Crippen LogP contribution in [0, 0.1) is 0 Å². The summed E-state index contributed by atoms with van der Waals surface area (Å²) in [5, 5.41) is 6.27. The van der Waals surface area contributed by atoms with Crippen LogP contribution in [0.1, 0.15) is 61.8 Å². The van der Waals surface area contributed by atoms with Crippen molar-refractivity contribution in [2.45, 2.75) is 88.2 Å². The predicted octanol–water partition coefficient (Wildman–Crippen LogP) is 5.16. The van der Waals surface area contributed by atoms with Gasteiger partial charge in [-0.25, -0.2) is 9.59 Å². The third-order valence-corrected chi connectivity index (χ3v) is 13.1. The SMILES string of the molecule is CCc1ccc(C[C@@H](NC(=O)N2CCC(N3CCc4ccccc4NC3=O)CC2)C(=O)N2CCN(C3CCN(C)CC3)CC2)cc1CC.O=S(=O)(O)c1ccccc1. The molecule has 4 aliphatic heterocycles. The lowest BCUT2D eigenvalue weighted by Crippen LogP contribution is -2.59. The molecule has 3 fully saturated rings. The summed E-state index contributed by atoms with van der Waals surface area (Å²) in [6.45, 7) is 11.5. The molecule has 0 aromatic heterocycles. The van der Waals surface area contributed by atoms with Crippen molar-refractivity contribution in [1.82, 2.24) is 29.8 Å². The molecule has 4 heterocycles. The van der Waals surface area contributed by atoms with Gasteiger partial charge in [0.1, 0.15) is 6.04 Å². The van der Waals surface area contributed by atoms with Gasteiger partial charge < -0.3 is 30.2 Å². The van der Waals surface area contributed by atoms with Crippen LogP contribution in [0.2, 0.25) is 0 Å². The molecule has 3 aromatic rings. The summed E-state index contributed by atoms with van der Waals surface area (Å²) in [7, 11) is -1.81. The Morgan fingerprint density at radius 2 is 1.41 bits per heavy atom. The molecular formula is C44H61N7O6S. The standard InChI is InChI=1S/C38H55N7O3.C6H6O3S/c1-4-29-11-10-28(26-30(29)5-2)27-35(36(46)43-24-22-42(23-25-43)32-13-17-41(3)18-14-32)40-37(47)44-19-15-33(16-20-44)45-21-12-31-8-6-7-9-34(31)39-38(45)48;7-10(8,9)6-4-2-1-3-5-6/h6-11,26,32-33,35H,4-5,12-25,27H2,1-3H3,(H,39,48)(H,40,47);1-5H,(H,7,8,9)/t35-;/m1./s1. The molecule has 0 unspecified atom stereocenters. The Morgan fingerprint density at radius 3 is 2.05 bits per heavy atom. The van der Waals surface area contributed by atoms with Crippen LogP contribution in [0.3, 0.4) is 0 Å². The number of carbonyl (C=O) groups excluding carboxylic acids is 3. The largest absolute Gasteiger partial charge is 0.338 e. The van der Waals surface area contributed by atoms with Crippen LogP contribution in [-0.2, 0) is 40.6 Å². The van der Waals surface area contributed by atoms with Crippen LogP contribution in [0.15, 0.2) is 77.7 Å². The van der Waals surface area contributed by atoms with Crippen LogP contribution in [0.4, 0.5) is 15.3 Å². The zero-order chi connectivity index (χ0) is 41.2. The molecule has 58 heavy (non-hydrogen) atoms. The molecule has 3 aromatic carbocycles. The number of hydrogen-bond donors (Lipinski definition) is 3. The Balaban J connectivity index is 0.000000496. The van der Waals surface area contributed by atoms with Crippen molar-refractivity contribution in [2.75, 3.05) is 71.3 Å². The Bertz CT molecular complexity index is 1960. The summed E-state index contributed by atoms with van der Waals surface area (Å²) in [4.78, 5) is 51.7. The zero-order valence-electron chi connectivity index (χ0n) is 34.3. The van der Waals surface area contributed by atoms with E-state index in [2.05, 4.69) is 65.6 Å². The van der Waals surface area contributed by atoms with Crippen molar-refractivity contribution < 1.29 is 27.4 Å². The maximum absolute atomic E-state index is 14.2. The molecule has 314 valence electrons. The summed E-state index contributed by atoms with van der Waals surface area (Å²) in [6.07, 6.45) is 7.00. The van der Waals surface area contributed by atoms with Gasteiger partial charge in [-0.15, -0.1) is 0 Å². The number of hydrogen-bond acceptors (Lipinski definition) is 7. The molecule has 4 aliphatic rings. The van der Waals surface area contributed by atoms with E-state index in [9.17, 15) is 22.8 Å². The minimum Gasteiger partial charge on any atom is -0.338 e. The number of aryl methyl sites for hydroxylation is 2. The van der Waals surface area contributed by atoms with Gasteiger partial charge in [-0.1, -0.05) is 68.4 Å². The topological polar surface area (TPSA) is 146 Å². The number of urea groups is 2. The Hall–Kier alpha value is -4.50. The quantitative estimate of drug-likeness (QED) is 0.252. The van der Waals surface area contributed by atoms with E-state index in [1.54, 1.807) is 18.2 Å². The van der Waals surface area contributed by atoms with Crippen LogP contribution >= 0.6 is 0 Å². The fraction of sp³-hybridized carbons (Fsp3) is 0.523. The van der Waals surface area contributed by atoms with Crippen molar-refractivity contribution >= 4 is 33.8 Å². The van der Waals surface area contributed by atoms with Gasteiger partial charge in [-0.05, 0) is 106 Å². The number of piperazine rings is 1. The monoisotopic (exact) mass is 815 g/mol. The molecule has 7 rings (SSSR count). The number of nitrogens with one attached hydrogen (secondary N) is 2. The fourth-order valence-corrected chi connectivity index (χ4v) is 9.26. The van der Waals surface area contributed by atoms with E-state index < -0.39 is 16.2 Å². The number of carbonyl (C=O) groups is 3. The first-order valence-corrected chi connectivity index (χ1v) is 22.4. The van der Waals surface area contributed by atoms with Crippen molar-refractivity contribution in [3.05, 3.63) is 95.1 Å². The number of benzene rings is 3. The van der Waals surface area contributed by atoms with Gasteiger partial charge in [0.2, 0.25) is 5.91 Å². The number of para-hydroxylation sites is 1. The number of anilines is 1. The number of piperidine rings is 2. The summed E-state index contributed by atoms with van der Waals surface area (Å²) in [5.41, 5.74) is 5.76. The first-order valence-electron chi connectivity index (χ1n) is 21.0. The second kappa shape index (κ2) is 20.0. The van der Waals surface area contributed by atoms with Gasteiger partial charge in [-0.2, -0.15) is 8.42 Å². The summed E-state index contributed by atoms with van der Waals surface area (Å²) in [5.74, 6) is 0.0136. The normalized spacial score (nSPS) is 19.3. The predicted molar refractivity (Wildman–Crippen MR) is 227 cm³/mol. The summed E-state index contributed by atoms with van der Waals surface area (Å²) >= 11 is 0. The molecular weight excluding hydrogens is 755 g/mol. The van der Waals surface area contributed by atoms with Crippen molar-refractivity contribution in [1.29, 1.82) is 0 Å². The molecule has 0 spiro atoms. The van der Waals surface area contributed by atoms with Crippen LogP contribution in [0.5, 0.6) is 0 Å². The van der Waals surface area contributed by atoms with E-state index >= 15 is 0 Å². The van der Waals surface area contributed by atoms with Gasteiger partial charge in [0.15, 0.2) is 0 Å². The second-order valence-corrected chi connectivity index (χ2v) is 17.4. The number of rotatable bonds is 9.